The molecule has 1 aromatic rings. The van der Waals surface area contributed by atoms with Crippen molar-refractivity contribution in [1.82, 2.24) is 10.2 Å². The maximum absolute atomic E-state index is 11.7. The van der Waals surface area contributed by atoms with Crippen LogP contribution in [-0.4, -0.2) is 35.8 Å². The molecule has 100 valence electrons. The lowest BCUT2D eigenvalue weighted by molar-refractivity contribution is -0.128. The Morgan fingerprint density at radius 1 is 1.32 bits per heavy atom. The molecule has 2 rings (SSSR count). The summed E-state index contributed by atoms with van der Waals surface area (Å²) in [5.74, 6) is -0.829. The third-order valence-electron chi connectivity index (χ3n) is 2.71. The normalized spacial score (nSPS) is 14.5. The van der Waals surface area contributed by atoms with E-state index >= 15 is 0 Å². The topological polar surface area (TPSA) is 105 Å². The van der Waals surface area contributed by atoms with Crippen molar-refractivity contribution in [2.45, 2.75) is 6.54 Å². The van der Waals surface area contributed by atoms with Gasteiger partial charge >= 0.3 is 6.03 Å². The minimum absolute atomic E-state index is 0.0582. The van der Waals surface area contributed by atoms with Crippen molar-refractivity contribution in [3.05, 3.63) is 29.8 Å². The zero-order chi connectivity index (χ0) is 13.8. The quantitative estimate of drug-likeness (QED) is 0.644. The zero-order valence-corrected chi connectivity index (χ0v) is 10.2. The molecule has 1 aliphatic rings. The van der Waals surface area contributed by atoms with Crippen molar-refractivity contribution in [3.8, 4) is 0 Å². The second kappa shape index (κ2) is 5.49. The molecule has 4 N–H and O–H groups in total. The standard InChI is InChI=1S/C12H14N4O3/c13-5-8-1-3-9(4-2-8)15-10(17)7-16-11(18)6-14-12(16)19/h1-4H,5-7,13H2,(H,14,19)(H,15,17). The van der Waals surface area contributed by atoms with E-state index in [4.69, 9.17) is 5.73 Å². The number of amides is 4. The molecule has 1 heterocycles. The van der Waals surface area contributed by atoms with Gasteiger partial charge in [0.05, 0.1) is 6.54 Å². The molecule has 4 amide bonds. The molecule has 1 fully saturated rings. The first-order chi connectivity index (χ1) is 9.10. The Balaban J connectivity index is 1.93. The number of imide groups is 1. The van der Waals surface area contributed by atoms with Gasteiger partial charge in [0.2, 0.25) is 5.91 Å². The zero-order valence-electron chi connectivity index (χ0n) is 10.2. The van der Waals surface area contributed by atoms with E-state index in [1.807, 2.05) is 0 Å². The van der Waals surface area contributed by atoms with Gasteiger partial charge in [0.15, 0.2) is 0 Å². The van der Waals surface area contributed by atoms with Gasteiger partial charge in [-0.3, -0.25) is 14.5 Å². The molecule has 0 aliphatic carbocycles. The van der Waals surface area contributed by atoms with Crippen LogP contribution in [0.1, 0.15) is 5.56 Å². The summed E-state index contributed by atoms with van der Waals surface area (Å²) < 4.78 is 0. The molecule has 0 bridgehead atoms. The Morgan fingerprint density at radius 3 is 2.53 bits per heavy atom. The second-order valence-corrected chi connectivity index (χ2v) is 4.09. The van der Waals surface area contributed by atoms with Crippen LogP contribution in [-0.2, 0) is 16.1 Å². The predicted molar refractivity (Wildman–Crippen MR) is 68.1 cm³/mol. The van der Waals surface area contributed by atoms with Gasteiger partial charge in [-0.2, -0.15) is 0 Å². The van der Waals surface area contributed by atoms with E-state index < -0.39 is 17.8 Å². The number of nitrogens with two attached hydrogens (primary N) is 1. The lowest BCUT2D eigenvalue weighted by Crippen LogP contribution is -2.38. The highest BCUT2D eigenvalue weighted by molar-refractivity contribution is 6.06. The highest BCUT2D eigenvalue weighted by atomic mass is 16.2. The van der Waals surface area contributed by atoms with Gasteiger partial charge in [0.25, 0.3) is 5.91 Å². The molecule has 7 nitrogen and oxygen atoms in total. The van der Waals surface area contributed by atoms with Crippen LogP contribution < -0.4 is 16.4 Å². The smallest absolute Gasteiger partial charge is 0.325 e. The summed E-state index contributed by atoms with van der Waals surface area (Å²) in [5, 5.41) is 4.95. The van der Waals surface area contributed by atoms with Crippen LogP contribution in [0.2, 0.25) is 0 Å². The first kappa shape index (κ1) is 13.0. The van der Waals surface area contributed by atoms with Crippen molar-refractivity contribution in [3.63, 3.8) is 0 Å². The average Bonchev–Trinajstić information content (AvgIpc) is 2.71. The van der Waals surface area contributed by atoms with E-state index in [0.717, 1.165) is 10.5 Å². The second-order valence-electron chi connectivity index (χ2n) is 4.09. The molecule has 1 aliphatic heterocycles. The summed E-state index contributed by atoms with van der Waals surface area (Å²) in [6.45, 7) is 0.0806. The van der Waals surface area contributed by atoms with Gasteiger partial charge in [0, 0.05) is 12.2 Å². The number of carbonyl (C=O) groups is 3. The monoisotopic (exact) mass is 262 g/mol. The van der Waals surface area contributed by atoms with Crippen molar-refractivity contribution >= 4 is 23.5 Å². The van der Waals surface area contributed by atoms with Crippen LogP contribution in [0.25, 0.3) is 0 Å². The van der Waals surface area contributed by atoms with Gasteiger partial charge < -0.3 is 16.4 Å². The number of hydrogen-bond acceptors (Lipinski definition) is 4. The van der Waals surface area contributed by atoms with Crippen LogP contribution in [0.15, 0.2) is 24.3 Å². The fourth-order valence-electron chi connectivity index (χ4n) is 1.68. The summed E-state index contributed by atoms with van der Waals surface area (Å²) in [6.07, 6.45) is 0. The summed E-state index contributed by atoms with van der Waals surface area (Å²) in [7, 11) is 0. The van der Waals surface area contributed by atoms with Gasteiger partial charge in [-0.15, -0.1) is 0 Å². The molecule has 7 heteroatoms. The molecule has 0 atom stereocenters. The Kier molecular flexibility index (Phi) is 3.76. The third kappa shape index (κ3) is 3.08. The number of rotatable bonds is 4. The predicted octanol–water partition coefficient (Wildman–Crippen LogP) is -0.364. The summed E-state index contributed by atoms with van der Waals surface area (Å²) >= 11 is 0. The first-order valence-corrected chi connectivity index (χ1v) is 5.77. The molecule has 0 saturated carbocycles. The Hall–Kier alpha value is -2.41. The first-order valence-electron chi connectivity index (χ1n) is 5.77. The number of anilines is 1. The van der Waals surface area contributed by atoms with Crippen molar-refractivity contribution in [2.75, 3.05) is 18.4 Å². The molecule has 1 aromatic carbocycles. The molecule has 0 unspecified atom stereocenters. The molecular weight excluding hydrogens is 248 g/mol. The number of urea groups is 1. The Bertz CT molecular complexity index is 496. The minimum atomic E-state index is -0.543. The maximum atomic E-state index is 11.7. The van der Waals surface area contributed by atoms with Crippen LogP contribution >= 0.6 is 0 Å². The summed E-state index contributed by atoms with van der Waals surface area (Å²) in [6, 6.07) is 6.48. The molecular formula is C12H14N4O3. The van der Waals surface area contributed by atoms with Crippen LogP contribution in [0.3, 0.4) is 0 Å². The summed E-state index contributed by atoms with van der Waals surface area (Å²) in [4.78, 5) is 35.1. The van der Waals surface area contributed by atoms with Crippen LogP contribution in [0.4, 0.5) is 10.5 Å². The summed E-state index contributed by atoms with van der Waals surface area (Å²) in [5.41, 5.74) is 7.01. The lowest BCUT2D eigenvalue weighted by atomic mass is 10.2. The fourth-order valence-corrected chi connectivity index (χ4v) is 1.68. The van der Waals surface area contributed by atoms with Gasteiger partial charge in [-0.05, 0) is 17.7 Å². The highest BCUT2D eigenvalue weighted by Crippen LogP contribution is 2.09. The number of carbonyl (C=O) groups excluding carboxylic acids is 3. The number of benzene rings is 1. The maximum Gasteiger partial charge on any atom is 0.325 e. The van der Waals surface area contributed by atoms with E-state index in [9.17, 15) is 14.4 Å². The number of nitrogens with one attached hydrogen (secondary N) is 2. The molecule has 19 heavy (non-hydrogen) atoms. The molecule has 0 spiro atoms. The highest BCUT2D eigenvalue weighted by Gasteiger charge is 2.29. The lowest BCUT2D eigenvalue weighted by Gasteiger charge is -2.12. The molecule has 0 aromatic heterocycles. The molecule has 0 radical (unpaired) electrons. The van der Waals surface area contributed by atoms with Crippen LogP contribution in [0, 0.1) is 0 Å². The van der Waals surface area contributed by atoms with Crippen molar-refractivity contribution in [1.29, 1.82) is 0 Å². The van der Waals surface area contributed by atoms with Gasteiger partial charge in [0.1, 0.15) is 6.54 Å². The van der Waals surface area contributed by atoms with E-state index in [1.54, 1.807) is 24.3 Å². The van der Waals surface area contributed by atoms with E-state index in [-0.39, 0.29) is 13.1 Å². The Morgan fingerprint density at radius 2 is 2.00 bits per heavy atom. The van der Waals surface area contributed by atoms with Gasteiger partial charge in [-0.25, -0.2) is 4.79 Å². The fraction of sp³-hybridized carbons (Fsp3) is 0.250. The SMILES string of the molecule is NCc1ccc(NC(=O)CN2C(=O)CNC2=O)cc1. The van der Waals surface area contributed by atoms with Gasteiger partial charge in [-0.1, -0.05) is 12.1 Å². The van der Waals surface area contributed by atoms with E-state index in [0.29, 0.717) is 12.2 Å². The van der Waals surface area contributed by atoms with Crippen molar-refractivity contribution in [2.24, 2.45) is 5.73 Å². The average molecular weight is 262 g/mol. The minimum Gasteiger partial charge on any atom is -0.329 e. The number of hydrogen-bond donors (Lipinski definition) is 3. The third-order valence-corrected chi connectivity index (χ3v) is 2.71. The van der Waals surface area contributed by atoms with E-state index in [2.05, 4.69) is 10.6 Å². The number of nitrogens with zero attached hydrogens (tertiary/aromatic N) is 1. The van der Waals surface area contributed by atoms with E-state index in [1.165, 1.54) is 0 Å². The van der Waals surface area contributed by atoms with Crippen molar-refractivity contribution < 1.29 is 14.4 Å². The Labute approximate surface area is 109 Å². The largest absolute Gasteiger partial charge is 0.329 e. The van der Waals surface area contributed by atoms with Crippen LogP contribution in [0.5, 0.6) is 0 Å². The molecule has 1 saturated heterocycles.